The lowest BCUT2D eigenvalue weighted by Crippen LogP contribution is -2.29. The largest absolute Gasteiger partial charge is 0.492 e. The van der Waals surface area contributed by atoms with Gasteiger partial charge >= 0.3 is 0 Å². The first-order valence-corrected chi connectivity index (χ1v) is 10.9. The van der Waals surface area contributed by atoms with Crippen molar-refractivity contribution in [3.8, 4) is 5.75 Å². The molecule has 7 heteroatoms. The highest BCUT2D eigenvalue weighted by molar-refractivity contribution is 7.89. The van der Waals surface area contributed by atoms with E-state index in [2.05, 4.69) is 4.72 Å². The fourth-order valence-electron chi connectivity index (χ4n) is 3.30. The van der Waals surface area contributed by atoms with Gasteiger partial charge in [0.2, 0.25) is 15.9 Å². The molecule has 1 heterocycles. The fourth-order valence-corrected chi connectivity index (χ4v) is 4.36. The van der Waals surface area contributed by atoms with Crippen LogP contribution in [-0.4, -0.2) is 34.0 Å². The van der Waals surface area contributed by atoms with Gasteiger partial charge in [-0.25, -0.2) is 13.1 Å². The van der Waals surface area contributed by atoms with Crippen LogP contribution in [0.4, 0.5) is 5.69 Å². The van der Waals surface area contributed by atoms with Crippen LogP contribution in [0.2, 0.25) is 0 Å². The van der Waals surface area contributed by atoms with E-state index in [-0.39, 0.29) is 24.0 Å². The van der Waals surface area contributed by atoms with Gasteiger partial charge in [-0.3, -0.25) is 4.79 Å². The van der Waals surface area contributed by atoms with Crippen molar-refractivity contribution in [1.29, 1.82) is 0 Å². The Balaban J connectivity index is 1.62. The third kappa shape index (κ3) is 4.20. The first-order valence-electron chi connectivity index (χ1n) is 9.45. The number of rotatable bonds is 7. The van der Waals surface area contributed by atoms with Crippen LogP contribution in [0.25, 0.3) is 0 Å². The van der Waals surface area contributed by atoms with Crippen molar-refractivity contribution in [2.24, 2.45) is 0 Å². The molecule has 28 heavy (non-hydrogen) atoms. The molecule has 0 spiro atoms. The van der Waals surface area contributed by atoms with Crippen molar-refractivity contribution in [1.82, 2.24) is 4.72 Å². The third-order valence-electron chi connectivity index (χ3n) is 5.07. The molecule has 2 aromatic rings. The predicted octanol–water partition coefficient (Wildman–Crippen LogP) is 2.96. The maximum Gasteiger partial charge on any atom is 0.240 e. The van der Waals surface area contributed by atoms with Crippen LogP contribution < -0.4 is 14.4 Å². The number of amides is 1. The summed E-state index contributed by atoms with van der Waals surface area (Å²) in [5.74, 6) is 0.813. The van der Waals surface area contributed by atoms with E-state index in [1.165, 1.54) is 0 Å². The van der Waals surface area contributed by atoms with Crippen molar-refractivity contribution >= 4 is 21.6 Å². The SMILES string of the molecule is CCC(=O)N1CCc2cc(S(=O)(=O)NCCOc3cccc(C)c3C)ccc21. The number of nitrogens with one attached hydrogen (secondary N) is 1. The zero-order chi connectivity index (χ0) is 20.3. The lowest BCUT2D eigenvalue weighted by molar-refractivity contribution is -0.118. The van der Waals surface area contributed by atoms with Gasteiger partial charge < -0.3 is 9.64 Å². The molecule has 2 aromatic carbocycles. The van der Waals surface area contributed by atoms with Gasteiger partial charge in [-0.2, -0.15) is 0 Å². The maximum absolute atomic E-state index is 12.6. The number of hydrogen-bond acceptors (Lipinski definition) is 4. The summed E-state index contributed by atoms with van der Waals surface area (Å²) in [7, 11) is -3.63. The van der Waals surface area contributed by atoms with Crippen molar-refractivity contribution in [3.05, 3.63) is 53.1 Å². The van der Waals surface area contributed by atoms with E-state index in [0.717, 1.165) is 28.1 Å². The molecular formula is C21H26N2O4S. The lowest BCUT2D eigenvalue weighted by Gasteiger charge is -2.16. The Labute approximate surface area is 166 Å². The number of ether oxygens (including phenoxy) is 1. The molecule has 1 amide bonds. The number of aryl methyl sites for hydroxylation is 1. The zero-order valence-electron chi connectivity index (χ0n) is 16.5. The van der Waals surface area contributed by atoms with Crippen LogP contribution in [0, 0.1) is 13.8 Å². The van der Waals surface area contributed by atoms with Crippen LogP contribution >= 0.6 is 0 Å². The average Bonchev–Trinajstić information content (AvgIpc) is 3.11. The smallest absolute Gasteiger partial charge is 0.240 e. The summed E-state index contributed by atoms with van der Waals surface area (Å²) in [5, 5.41) is 0. The highest BCUT2D eigenvalue weighted by Gasteiger charge is 2.25. The number of hydrogen-bond donors (Lipinski definition) is 1. The molecule has 150 valence electrons. The van der Waals surface area contributed by atoms with Crippen LogP contribution in [0.3, 0.4) is 0 Å². The second kappa shape index (κ2) is 8.32. The molecule has 0 saturated carbocycles. The van der Waals surface area contributed by atoms with Crippen LogP contribution in [-0.2, 0) is 21.2 Å². The maximum atomic E-state index is 12.6. The molecular weight excluding hydrogens is 376 g/mol. The molecule has 1 aliphatic heterocycles. The Morgan fingerprint density at radius 1 is 1.21 bits per heavy atom. The molecule has 0 aromatic heterocycles. The number of fused-ring (bicyclic) bond motifs is 1. The normalized spacial score (nSPS) is 13.5. The van der Waals surface area contributed by atoms with E-state index in [4.69, 9.17) is 4.74 Å². The predicted molar refractivity (Wildman–Crippen MR) is 109 cm³/mol. The van der Waals surface area contributed by atoms with Crippen molar-refractivity contribution in [3.63, 3.8) is 0 Å². The molecule has 0 unspecified atom stereocenters. The molecule has 0 bridgehead atoms. The number of carbonyl (C=O) groups is 1. The Morgan fingerprint density at radius 2 is 2.00 bits per heavy atom. The van der Waals surface area contributed by atoms with Gasteiger partial charge in [0.25, 0.3) is 0 Å². The second-order valence-corrected chi connectivity index (χ2v) is 8.65. The Morgan fingerprint density at radius 3 is 2.75 bits per heavy atom. The number of benzene rings is 2. The first kappa shape index (κ1) is 20.4. The number of nitrogens with zero attached hydrogens (tertiary/aromatic N) is 1. The standard InChI is InChI=1S/C21H26N2O4S/c1-4-21(24)23-12-10-17-14-18(8-9-19(17)23)28(25,26)22-11-13-27-20-7-5-6-15(2)16(20)3/h5-9,14,22H,4,10-13H2,1-3H3. The Bertz CT molecular complexity index is 986. The molecule has 6 nitrogen and oxygen atoms in total. The highest BCUT2D eigenvalue weighted by Crippen LogP contribution is 2.30. The van der Waals surface area contributed by atoms with E-state index in [1.54, 1.807) is 23.1 Å². The van der Waals surface area contributed by atoms with Crippen LogP contribution in [0.5, 0.6) is 5.75 Å². The minimum Gasteiger partial charge on any atom is -0.492 e. The summed E-state index contributed by atoms with van der Waals surface area (Å²) in [5.41, 5.74) is 3.88. The number of anilines is 1. The summed E-state index contributed by atoms with van der Waals surface area (Å²) in [6.07, 6.45) is 1.10. The molecule has 1 aliphatic rings. The fraction of sp³-hybridized carbons (Fsp3) is 0.381. The second-order valence-electron chi connectivity index (χ2n) is 6.88. The molecule has 0 atom stereocenters. The molecule has 1 N–H and O–H groups in total. The van der Waals surface area contributed by atoms with E-state index in [0.29, 0.717) is 19.4 Å². The third-order valence-corrected chi connectivity index (χ3v) is 6.53. The molecule has 0 radical (unpaired) electrons. The van der Waals surface area contributed by atoms with E-state index >= 15 is 0 Å². The number of sulfonamides is 1. The van der Waals surface area contributed by atoms with Crippen molar-refractivity contribution in [2.45, 2.75) is 38.5 Å². The highest BCUT2D eigenvalue weighted by atomic mass is 32.2. The van der Waals surface area contributed by atoms with Gasteiger partial charge in [-0.05, 0) is 61.2 Å². The van der Waals surface area contributed by atoms with Crippen molar-refractivity contribution in [2.75, 3.05) is 24.6 Å². The molecule has 3 rings (SSSR count). The van der Waals surface area contributed by atoms with Gasteiger partial charge in [0, 0.05) is 25.2 Å². The van der Waals surface area contributed by atoms with E-state index in [9.17, 15) is 13.2 Å². The van der Waals surface area contributed by atoms with Gasteiger partial charge in [-0.15, -0.1) is 0 Å². The topological polar surface area (TPSA) is 75.7 Å². The minimum absolute atomic E-state index is 0.0519. The molecule has 0 aliphatic carbocycles. The van der Waals surface area contributed by atoms with Gasteiger partial charge in [0.05, 0.1) is 4.90 Å². The summed E-state index contributed by atoms with van der Waals surface area (Å²) < 4.78 is 33.5. The summed E-state index contributed by atoms with van der Waals surface area (Å²) in [4.78, 5) is 13.9. The van der Waals surface area contributed by atoms with Gasteiger partial charge in [0.15, 0.2) is 0 Å². The summed E-state index contributed by atoms with van der Waals surface area (Å²) >= 11 is 0. The average molecular weight is 403 g/mol. The van der Waals surface area contributed by atoms with Crippen molar-refractivity contribution < 1.29 is 17.9 Å². The lowest BCUT2D eigenvalue weighted by atomic mass is 10.1. The van der Waals surface area contributed by atoms with E-state index < -0.39 is 10.0 Å². The quantitative estimate of drug-likeness (QED) is 0.723. The number of carbonyl (C=O) groups excluding carboxylic acids is 1. The van der Waals surface area contributed by atoms with Crippen LogP contribution in [0.1, 0.15) is 30.0 Å². The van der Waals surface area contributed by atoms with Crippen LogP contribution in [0.15, 0.2) is 41.3 Å². The molecule has 0 saturated heterocycles. The van der Waals surface area contributed by atoms with Gasteiger partial charge in [-0.1, -0.05) is 19.1 Å². The van der Waals surface area contributed by atoms with Gasteiger partial charge in [0.1, 0.15) is 12.4 Å². The van der Waals surface area contributed by atoms with E-state index in [1.807, 2.05) is 39.0 Å². The summed E-state index contributed by atoms with van der Waals surface area (Å²) in [6, 6.07) is 10.7. The first-order chi connectivity index (χ1) is 13.3. The summed E-state index contributed by atoms with van der Waals surface area (Å²) in [6.45, 7) is 6.83. The zero-order valence-corrected chi connectivity index (χ0v) is 17.3. The Kier molecular flexibility index (Phi) is 6.05. The minimum atomic E-state index is -3.63. The monoisotopic (exact) mass is 402 g/mol. The molecule has 0 fully saturated rings. The Hall–Kier alpha value is -2.38.